The van der Waals surface area contributed by atoms with E-state index in [2.05, 4.69) is 15.2 Å². The highest BCUT2D eigenvalue weighted by Crippen LogP contribution is 2.30. The SMILES string of the molecule is Nc1nnc2ccnc3ccccc3c1-2. The van der Waals surface area contributed by atoms with Gasteiger partial charge in [0.2, 0.25) is 0 Å². The second-order valence-corrected chi connectivity index (χ2v) is 3.31. The minimum Gasteiger partial charge on any atom is -0.382 e. The topological polar surface area (TPSA) is 64.7 Å². The molecule has 1 aromatic carbocycles. The monoisotopic (exact) mass is 196 g/mol. The fraction of sp³-hybridized carbons (Fsp3) is 0. The molecule has 0 radical (unpaired) electrons. The van der Waals surface area contributed by atoms with Crippen LogP contribution in [0.3, 0.4) is 0 Å². The molecular formula is C11H8N4. The van der Waals surface area contributed by atoms with Crippen LogP contribution < -0.4 is 5.73 Å². The van der Waals surface area contributed by atoms with Gasteiger partial charge in [-0.2, -0.15) is 0 Å². The molecular weight excluding hydrogens is 188 g/mol. The molecule has 0 saturated heterocycles. The van der Waals surface area contributed by atoms with Gasteiger partial charge in [0.25, 0.3) is 0 Å². The fourth-order valence-electron chi connectivity index (χ4n) is 1.72. The van der Waals surface area contributed by atoms with Gasteiger partial charge in [-0.15, -0.1) is 10.2 Å². The van der Waals surface area contributed by atoms with Crippen molar-refractivity contribution in [2.45, 2.75) is 0 Å². The molecule has 72 valence electrons. The summed E-state index contributed by atoms with van der Waals surface area (Å²) in [5.74, 6) is 0.458. The van der Waals surface area contributed by atoms with Gasteiger partial charge in [0.15, 0.2) is 5.82 Å². The largest absolute Gasteiger partial charge is 0.382 e. The molecule has 2 aliphatic heterocycles. The minimum atomic E-state index is 0.458. The second kappa shape index (κ2) is 2.88. The van der Waals surface area contributed by atoms with Crippen molar-refractivity contribution in [3.63, 3.8) is 0 Å². The lowest BCUT2D eigenvalue weighted by atomic mass is 10.1. The normalized spacial score (nSPS) is 10.9. The number of nitrogen functional groups attached to an aromatic ring is 1. The number of nitrogens with zero attached hydrogens (tertiary/aromatic N) is 3. The van der Waals surface area contributed by atoms with Gasteiger partial charge in [-0.3, -0.25) is 4.98 Å². The number of hydrogen-bond acceptors (Lipinski definition) is 4. The maximum absolute atomic E-state index is 5.80. The van der Waals surface area contributed by atoms with E-state index in [1.807, 2.05) is 30.3 Å². The van der Waals surface area contributed by atoms with Crippen molar-refractivity contribution in [2.75, 3.05) is 5.73 Å². The number of benzene rings is 1. The molecule has 0 spiro atoms. The van der Waals surface area contributed by atoms with E-state index in [1.54, 1.807) is 6.20 Å². The summed E-state index contributed by atoms with van der Waals surface area (Å²) in [6.45, 7) is 0. The van der Waals surface area contributed by atoms with Gasteiger partial charge in [-0.25, -0.2) is 0 Å². The quantitative estimate of drug-likeness (QED) is 0.594. The number of anilines is 1. The Bertz CT molecular complexity index is 606. The van der Waals surface area contributed by atoms with Crippen molar-refractivity contribution >= 4 is 16.7 Å². The zero-order valence-electron chi connectivity index (χ0n) is 7.88. The first-order valence-electron chi connectivity index (χ1n) is 4.62. The average Bonchev–Trinajstić information content (AvgIpc) is 2.52. The second-order valence-electron chi connectivity index (χ2n) is 3.31. The highest BCUT2D eigenvalue weighted by Gasteiger charge is 2.12. The van der Waals surface area contributed by atoms with Crippen molar-refractivity contribution in [1.29, 1.82) is 0 Å². The maximum Gasteiger partial charge on any atom is 0.156 e. The molecule has 3 rings (SSSR count). The van der Waals surface area contributed by atoms with Gasteiger partial charge < -0.3 is 5.73 Å². The smallest absolute Gasteiger partial charge is 0.156 e. The number of aromatic nitrogens is 3. The van der Waals surface area contributed by atoms with Gasteiger partial charge in [0.05, 0.1) is 16.8 Å². The van der Waals surface area contributed by atoms with Gasteiger partial charge in [0.1, 0.15) is 0 Å². The third kappa shape index (κ3) is 1.11. The molecule has 0 saturated carbocycles. The summed E-state index contributed by atoms with van der Waals surface area (Å²) in [5.41, 5.74) is 8.35. The molecule has 0 atom stereocenters. The summed E-state index contributed by atoms with van der Waals surface area (Å²) >= 11 is 0. The Morgan fingerprint density at radius 2 is 1.87 bits per heavy atom. The van der Waals surface area contributed by atoms with Crippen LogP contribution >= 0.6 is 0 Å². The summed E-state index contributed by atoms with van der Waals surface area (Å²) in [7, 11) is 0. The van der Waals surface area contributed by atoms with Gasteiger partial charge >= 0.3 is 0 Å². The van der Waals surface area contributed by atoms with Crippen molar-refractivity contribution in [3.05, 3.63) is 36.5 Å². The summed E-state index contributed by atoms with van der Waals surface area (Å²) in [6.07, 6.45) is 1.72. The lowest BCUT2D eigenvalue weighted by Gasteiger charge is -1.95. The Balaban J connectivity index is 2.57. The molecule has 4 nitrogen and oxygen atoms in total. The number of hydrogen-bond donors (Lipinski definition) is 1. The van der Waals surface area contributed by atoms with Crippen LogP contribution in [-0.2, 0) is 0 Å². The first-order chi connectivity index (χ1) is 7.36. The third-order valence-electron chi connectivity index (χ3n) is 2.40. The van der Waals surface area contributed by atoms with Gasteiger partial charge in [-0.1, -0.05) is 18.2 Å². The molecule has 15 heavy (non-hydrogen) atoms. The average molecular weight is 196 g/mol. The first-order valence-corrected chi connectivity index (χ1v) is 4.62. The Kier molecular flexibility index (Phi) is 1.56. The van der Waals surface area contributed by atoms with Crippen LogP contribution in [0.25, 0.3) is 22.2 Å². The molecule has 2 heterocycles. The molecule has 0 fully saturated rings. The van der Waals surface area contributed by atoms with E-state index < -0.39 is 0 Å². The summed E-state index contributed by atoms with van der Waals surface area (Å²) in [4.78, 5) is 4.31. The highest BCUT2D eigenvalue weighted by atomic mass is 15.2. The van der Waals surface area contributed by atoms with E-state index >= 15 is 0 Å². The molecule has 2 N–H and O–H groups in total. The predicted octanol–water partition coefficient (Wildman–Crippen LogP) is 1.71. The molecule has 0 unspecified atom stereocenters. The van der Waals surface area contributed by atoms with Crippen LogP contribution in [-0.4, -0.2) is 15.2 Å². The molecule has 0 aromatic heterocycles. The summed E-state index contributed by atoms with van der Waals surface area (Å²) in [5, 5.41) is 8.85. The van der Waals surface area contributed by atoms with Crippen LogP contribution in [0.4, 0.5) is 5.82 Å². The lowest BCUT2D eigenvalue weighted by molar-refractivity contribution is 1.11. The van der Waals surface area contributed by atoms with Crippen LogP contribution in [0.5, 0.6) is 0 Å². The van der Waals surface area contributed by atoms with Crippen LogP contribution in [0.1, 0.15) is 0 Å². The van der Waals surface area contributed by atoms with Crippen LogP contribution in [0.15, 0.2) is 36.5 Å². The summed E-state index contributed by atoms with van der Waals surface area (Å²) in [6, 6.07) is 9.64. The van der Waals surface area contributed by atoms with E-state index in [4.69, 9.17) is 5.73 Å². The van der Waals surface area contributed by atoms with E-state index in [-0.39, 0.29) is 0 Å². The van der Waals surface area contributed by atoms with Crippen molar-refractivity contribution in [2.24, 2.45) is 0 Å². The van der Waals surface area contributed by atoms with E-state index in [9.17, 15) is 0 Å². The standard InChI is InChI=1S/C11H8N4/c12-11-10-7-3-1-2-4-8(7)13-6-5-9(10)14-15-11/h1-6H,(H2,12,15). The number of rotatable bonds is 0. The van der Waals surface area contributed by atoms with Crippen molar-refractivity contribution < 1.29 is 0 Å². The van der Waals surface area contributed by atoms with E-state index in [0.717, 1.165) is 22.2 Å². The van der Waals surface area contributed by atoms with Crippen LogP contribution in [0.2, 0.25) is 0 Å². The van der Waals surface area contributed by atoms with Crippen molar-refractivity contribution in [1.82, 2.24) is 15.2 Å². The molecule has 4 heteroatoms. The molecule has 0 aliphatic carbocycles. The number of para-hydroxylation sites is 1. The Morgan fingerprint density at radius 1 is 1.00 bits per heavy atom. The maximum atomic E-state index is 5.80. The van der Waals surface area contributed by atoms with E-state index in [0.29, 0.717) is 5.82 Å². The van der Waals surface area contributed by atoms with E-state index in [1.165, 1.54) is 0 Å². The predicted molar refractivity (Wildman–Crippen MR) is 58.4 cm³/mol. The lowest BCUT2D eigenvalue weighted by Crippen LogP contribution is -1.85. The molecule has 0 amide bonds. The minimum absolute atomic E-state index is 0.458. The fourth-order valence-corrected chi connectivity index (χ4v) is 1.72. The Morgan fingerprint density at radius 3 is 2.80 bits per heavy atom. The summed E-state index contributed by atoms with van der Waals surface area (Å²) < 4.78 is 0. The molecule has 1 aromatic rings. The first kappa shape index (κ1) is 8.11. The number of nitrogens with two attached hydrogens (primary N) is 1. The van der Waals surface area contributed by atoms with Crippen molar-refractivity contribution in [3.8, 4) is 11.3 Å². The van der Waals surface area contributed by atoms with Crippen LogP contribution in [0, 0.1) is 0 Å². The molecule has 0 bridgehead atoms. The zero-order chi connectivity index (χ0) is 10.3. The Labute approximate surface area is 86.1 Å². The number of fused-ring (bicyclic) bond motifs is 3. The Hall–Kier alpha value is -2.23. The van der Waals surface area contributed by atoms with Gasteiger partial charge in [-0.05, 0) is 12.1 Å². The zero-order valence-corrected chi connectivity index (χ0v) is 7.88. The highest BCUT2D eigenvalue weighted by molar-refractivity contribution is 5.97. The van der Waals surface area contributed by atoms with Gasteiger partial charge in [0, 0.05) is 11.6 Å². The third-order valence-corrected chi connectivity index (χ3v) is 2.40. The molecule has 2 aliphatic rings.